The molecule has 1 heterocycles. The second kappa shape index (κ2) is 6.26. The van der Waals surface area contributed by atoms with Crippen LogP contribution in [0.4, 0.5) is 5.69 Å². The molecule has 21 heavy (non-hydrogen) atoms. The number of nitro benzene ring substituents is 1. The van der Waals surface area contributed by atoms with Crippen molar-refractivity contribution in [3.8, 4) is 0 Å². The van der Waals surface area contributed by atoms with Gasteiger partial charge in [0.1, 0.15) is 0 Å². The van der Waals surface area contributed by atoms with Crippen molar-refractivity contribution in [1.82, 2.24) is 9.55 Å². The summed E-state index contributed by atoms with van der Waals surface area (Å²) in [4.78, 5) is 27.0. The molecule has 1 aromatic heterocycles. The number of hydrogen-bond acceptors (Lipinski definition) is 5. The Labute approximate surface area is 127 Å². The van der Waals surface area contributed by atoms with Gasteiger partial charge in [-0.1, -0.05) is 13.8 Å². The van der Waals surface area contributed by atoms with Crippen LogP contribution in [0.3, 0.4) is 0 Å². The molecule has 1 atom stereocenters. The molecular formula is C14H17N3O3S. The first-order valence-electron chi connectivity index (χ1n) is 6.68. The minimum atomic E-state index is -0.513. The van der Waals surface area contributed by atoms with Gasteiger partial charge in [0.2, 0.25) is 0 Å². The summed E-state index contributed by atoms with van der Waals surface area (Å²) in [6.45, 7) is 4.65. The van der Waals surface area contributed by atoms with Crippen LogP contribution in [0.2, 0.25) is 0 Å². The molecule has 1 aromatic carbocycles. The fourth-order valence-corrected chi connectivity index (χ4v) is 2.66. The summed E-state index contributed by atoms with van der Waals surface area (Å²) in [6, 6.07) is 4.13. The molecule has 0 fully saturated rings. The van der Waals surface area contributed by atoms with Gasteiger partial charge in [-0.3, -0.25) is 19.5 Å². The number of non-ortho nitro benzene ring substituents is 1. The largest absolute Gasteiger partial charge is 0.298 e. The summed E-state index contributed by atoms with van der Waals surface area (Å²) >= 11 is 4.31. The number of thiol groups is 1. The van der Waals surface area contributed by atoms with Gasteiger partial charge in [-0.25, -0.2) is 4.98 Å². The van der Waals surface area contributed by atoms with Crippen molar-refractivity contribution in [2.75, 3.05) is 5.75 Å². The Morgan fingerprint density at radius 3 is 2.71 bits per heavy atom. The Bertz CT molecular complexity index is 727. The highest BCUT2D eigenvalue weighted by molar-refractivity contribution is 7.80. The van der Waals surface area contributed by atoms with E-state index in [2.05, 4.69) is 31.5 Å². The third kappa shape index (κ3) is 3.24. The Hall–Kier alpha value is -1.89. The number of hydrogen-bond donors (Lipinski definition) is 1. The van der Waals surface area contributed by atoms with Crippen molar-refractivity contribution < 1.29 is 4.92 Å². The van der Waals surface area contributed by atoms with Gasteiger partial charge >= 0.3 is 0 Å². The van der Waals surface area contributed by atoms with E-state index in [1.54, 1.807) is 0 Å². The van der Waals surface area contributed by atoms with Crippen LogP contribution in [-0.2, 0) is 6.54 Å². The predicted octanol–water partition coefficient (Wildman–Crippen LogP) is 2.51. The normalized spacial score (nSPS) is 12.8. The molecule has 0 aliphatic carbocycles. The van der Waals surface area contributed by atoms with Crippen LogP contribution in [0.15, 0.2) is 29.3 Å². The fraction of sp³-hybridized carbons (Fsp3) is 0.429. The molecule has 1 unspecified atom stereocenters. The quantitative estimate of drug-likeness (QED) is 0.523. The molecule has 0 spiro atoms. The minimum absolute atomic E-state index is 0.103. The molecule has 2 aromatic rings. The maximum absolute atomic E-state index is 12.5. The Morgan fingerprint density at radius 2 is 2.14 bits per heavy atom. The summed E-state index contributed by atoms with van der Waals surface area (Å²) in [7, 11) is 0. The Balaban J connectivity index is 2.49. The lowest BCUT2D eigenvalue weighted by atomic mass is 9.98. The molecule has 0 saturated heterocycles. The van der Waals surface area contributed by atoms with Crippen LogP contribution in [0, 0.1) is 22.0 Å². The molecule has 2 rings (SSSR count). The molecule has 0 amide bonds. The van der Waals surface area contributed by atoms with Gasteiger partial charge in [0, 0.05) is 18.7 Å². The molecule has 0 N–H and O–H groups in total. The van der Waals surface area contributed by atoms with E-state index in [0.29, 0.717) is 23.7 Å². The van der Waals surface area contributed by atoms with Crippen molar-refractivity contribution in [3.63, 3.8) is 0 Å². The number of benzene rings is 1. The zero-order valence-corrected chi connectivity index (χ0v) is 12.8. The van der Waals surface area contributed by atoms with E-state index in [4.69, 9.17) is 0 Å². The van der Waals surface area contributed by atoms with E-state index in [1.807, 2.05) is 0 Å². The Morgan fingerprint density at radius 1 is 1.43 bits per heavy atom. The Kier molecular flexibility index (Phi) is 4.62. The predicted molar refractivity (Wildman–Crippen MR) is 84.8 cm³/mol. The third-order valence-electron chi connectivity index (χ3n) is 3.63. The number of nitrogens with zero attached hydrogens (tertiary/aromatic N) is 3. The van der Waals surface area contributed by atoms with E-state index in [-0.39, 0.29) is 22.6 Å². The van der Waals surface area contributed by atoms with Gasteiger partial charge in [0.25, 0.3) is 11.2 Å². The minimum Gasteiger partial charge on any atom is -0.298 e. The van der Waals surface area contributed by atoms with E-state index in [9.17, 15) is 14.9 Å². The first-order valence-corrected chi connectivity index (χ1v) is 7.31. The van der Waals surface area contributed by atoms with E-state index < -0.39 is 4.92 Å². The summed E-state index contributed by atoms with van der Waals surface area (Å²) in [5.41, 5.74) is 0.110. The number of nitro groups is 1. The second-order valence-corrected chi connectivity index (χ2v) is 5.71. The highest BCUT2D eigenvalue weighted by atomic mass is 32.1. The molecule has 0 aliphatic heterocycles. The zero-order chi connectivity index (χ0) is 15.6. The fourth-order valence-electron chi connectivity index (χ4n) is 2.12. The highest BCUT2D eigenvalue weighted by Gasteiger charge is 2.15. The van der Waals surface area contributed by atoms with Crippen LogP contribution in [-0.4, -0.2) is 20.2 Å². The molecule has 0 aliphatic rings. The molecule has 112 valence electrons. The molecule has 0 bridgehead atoms. The molecule has 0 radical (unpaired) electrons. The van der Waals surface area contributed by atoms with Gasteiger partial charge in [0.15, 0.2) is 0 Å². The van der Waals surface area contributed by atoms with Crippen LogP contribution in [0.1, 0.15) is 13.8 Å². The second-order valence-electron chi connectivity index (χ2n) is 5.35. The van der Waals surface area contributed by atoms with Gasteiger partial charge in [-0.15, -0.1) is 0 Å². The van der Waals surface area contributed by atoms with Crippen molar-refractivity contribution in [3.05, 3.63) is 45.0 Å². The summed E-state index contributed by atoms with van der Waals surface area (Å²) < 4.78 is 1.51. The first-order chi connectivity index (χ1) is 9.93. The monoisotopic (exact) mass is 307 g/mol. The zero-order valence-electron chi connectivity index (χ0n) is 11.9. The van der Waals surface area contributed by atoms with Crippen LogP contribution < -0.4 is 5.56 Å². The van der Waals surface area contributed by atoms with Gasteiger partial charge in [0.05, 0.1) is 22.2 Å². The molecule has 0 saturated carbocycles. The van der Waals surface area contributed by atoms with E-state index in [1.165, 1.54) is 29.1 Å². The third-order valence-corrected chi connectivity index (χ3v) is 4.10. The molecule has 7 heteroatoms. The average molecular weight is 307 g/mol. The summed E-state index contributed by atoms with van der Waals surface area (Å²) in [5.74, 6) is 1.29. The van der Waals surface area contributed by atoms with Crippen molar-refractivity contribution >= 4 is 29.2 Å². The van der Waals surface area contributed by atoms with Crippen molar-refractivity contribution in [2.24, 2.45) is 11.8 Å². The number of fused-ring (bicyclic) bond motifs is 1. The lowest BCUT2D eigenvalue weighted by Gasteiger charge is -2.19. The van der Waals surface area contributed by atoms with Gasteiger partial charge in [-0.05, 0) is 23.7 Å². The number of aromatic nitrogens is 2. The van der Waals surface area contributed by atoms with Crippen molar-refractivity contribution in [2.45, 2.75) is 20.4 Å². The molecule has 6 nitrogen and oxygen atoms in total. The SMILES string of the molecule is CC(C)C(CS)Cn1cnc2ccc([N+](=O)[O-])cc2c1=O. The van der Waals surface area contributed by atoms with Crippen molar-refractivity contribution in [1.29, 1.82) is 0 Å². The van der Waals surface area contributed by atoms with Crippen LogP contribution in [0.25, 0.3) is 10.9 Å². The van der Waals surface area contributed by atoms with Gasteiger partial charge in [-0.2, -0.15) is 12.6 Å². The standard InChI is InChI=1S/C14H17N3O3S/c1-9(2)10(7-21)6-16-8-15-13-4-3-11(17(19)20)5-12(13)14(16)18/h3-5,8-10,21H,6-7H2,1-2H3. The highest BCUT2D eigenvalue weighted by Crippen LogP contribution is 2.18. The maximum atomic E-state index is 12.5. The maximum Gasteiger partial charge on any atom is 0.270 e. The average Bonchev–Trinajstić information content (AvgIpc) is 2.46. The smallest absolute Gasteiger partial charge is 0.270 e. The van der Waals surface area contributed by atoms with Gasteiger partial charge < -0.3 is 0 Å². The van der Waals surface area contributed by atoms with Crippen LogP contribution in [0.5, 0.6) is 0 Å². The topological polar surface area (TPSA) is 78.0 Å². The summed E-state index contributed by atoms with van der Waals surface area (Å²) in [6.07, 6.45) is 1.50. The first kappa shape index (κ1) is 15.5. The molecular weight excluding hydrogens is 290 g/mol. The lowest BCUT2D eigenvalue weighted by molar-refractivity contribution is -0.384. The van der Waals surface area contributed by atoms with E-state index in [0.717, 1.165) is 0 Å². The summed E-state index contributed by atoms with van der Waals surface area (Å²) in [5, 5.41) is 11.1. The number of rotatable bonds is 5. The van der Waals surface area contributed by atoms with Crippen LogP contribution >= 0.6 is 12.6 Å². The van der Waals surface area contributed by atoms with E-state index >= 15 is 0 Å². The lowest BCUT2D eigenvalue weighted by Crippen LogP contribution is -2.27.